The van der Waals surface area contributed by atoms with Gasteiger partial charge in [0.1, 0.15) is 0 Å². The highest BCUT2D eigenvalue weighted by Gasteiger charge is 2.34. The van der Waals surface area contributed by atoms with Gasteiger partial charge in [-0.05, 0) is 11.6 Å². The minimum Gasteiger partial charge on any atom is -0.286 e. The lowest BCUT2D eigenvalue weighted by atomic mass is 10.1. The molecule has 1 amide bonds. The third-order valence-electron chi connectivity index (χ3n) is 3.83. The Morgan fingerprint density at radius 2 is 2.00 bits per heavy atom. The fraction of sp³-hybridized carbons (Fsp3) is 0.333. The molecule has 0 bridgehead atoms. The van der Waals surface area contributed by atoms with Gasteiger partial charge in [0.05, 0.1) is 17.9 Å². The van der Waals surface area contributed by atoms with Crippen molar-refractivity contribution in [2.24, 2.45) is 0 Å². The molecule has 1 fully saturated rings. The average Bonchev–Trinajstić information content (AvgIpc) is 3.08. The van der Waals surface area contributed by atoms with Crippen LogP contribution in [0.2, 0.25) is 0 Å². The number of hydrogen-bond donors (Lipinski definition) is 0. The van der Waals surface area contributed by atoms with Crippen LogP contribution in [-0.4, -0.2) is 43.2 Å². The fourth-order valence-electron chi connectivity index (χ4n) is 2.58. The number of rotatable bonds is 4. The summed E-state index contributed by atoms with van der Waals surface area (Å²) in [7, 11) is -3.92. The number of nitrogens with zero attached hydrogens (tertiary/aromatic N) is 3. The van der Waals surface area contributed by atoms with E-state index in [0.717, 1.165) is 16.4 Å². The van der Waals surface area contributed by atoms with Crippen molar-refractivity contribution >= 4 is 32.4 Å². The monoisotopic (exact) mass is 405 g/mol. The van der Waals surface area contributed by atoms with Crippen molar-refractivity contribution in [3.8, 4) is 0 Å². The SMILES string of the molecule is O=C1CN(S(=O)(=O)Cc2cccc(C(F)(F)F)c2)CCN1c1nccs1. The molecule has 0 radical (unpaired) electrons. The van der Waals surface area contributed by atoms with E-state index in [-0.39, 0.29) is 25.2 Å². The van der Waals surface area contributed by atoms with Crippen molar-refractivity contribution in [1.29, 1.82) is 0 Å². The molecular weight excluding hydrogens is 391 g/mol. The third kappa shape index (κ3) is 4.05. The first kappa shape index (κ1) is 18.8. The second-order valence-corrected chi connectivity index (χ2v) is 8.49. The van der Waals surface area contributed by atoms with E-state index in [1.807, 2.05) is 0 Å². The fourth-order valence-corrected chi connectivity index (χ4v) is 4.72. The summed E-state index contributed by atoms with van der Waals surface area (Å²) in [5.74, 6) is -1.01. The first-order chi connectivity index (χ1) is 12.2. The van der Waals surface area contributed by atoms with Crippen molar-refractivity contribution in [2.45, 2.75) is 11.9 Å². The molecule has 0 atom stereocenters. The van der Waals surface area contributed by atoms with Gasteiger partial charge in [-0.15, -0.1) is 11.3 Å². The number of sulfonamides is 1. The Kier molecular flexibility index (Phi) is 5.04. The van der Waals surface area contributed by atoms with Gasteiger partial charge in [0, 0.05) is 24.7 Å². The maximum Gasteiger partial charge on any atom is 0.416 e. The van der Waals surface area contributed by atoms with E-state index in [4.69, 9.17) is 0 Å². The molecule has 26 heavy (non-hydrogen) atoms. The molecule has 1 aromatic carbocycles. The second-order valence-electron chi connectivity index (χ2n) is 5.65. The number of benzene rings is 1. The molecule has 1 aliphatic heterocycles. The summed E-state index contributed by atoms with van der Waals surface area (Å²) in [4.78, 5) is 17.7. The van der Waals surface area contributed by atoms with Crippen molar-refractivity contribution < 1.29 is 26.4 Å². The smallest absolute Gasteiger partial charge is 0.286 e. The Morgan fingerprint density at radius 3 is 2.62 bits per heavy atom. The van der Waals surface area contributed by atoms with Gasteiger partial charge in [-0.3, -0.25) is 9.69 Å². The molecule has 0 aliphatic carbocycles. The molecule has 6 nitrogen and oxygen atoms in total. The minimum absolute atomic E-state index is 0.0228. The number of thiazole rings is 1. The first-order valence-electron chi connectivity index (χ1n) is 7.50. The predicted molar refractivity (Wildman–Crippen MR) is 90.1 cm³/mol. The number of halogens is 3. The van der Waals surface area contributed by atoms with E-state index in [1.165, 1.54) is 28.4 Å². The lowest BCUT2D eigenvalue weighted by Gasteiger charge is -2.32. The summed E-state index contributed by atoms with van der Waals surface area (Å²) in [6.45, 7) is -0.151. The van der Waals surface area contributed by atoms with Gasteiger partial charge in [0.2, 0.25) is 15.9 Å². The summed E-state index contributed by atoms with van der Waals surface area (Å²) in [5.41, 5.74) is -0.885. The quantitative estimate of drug-likeness (QED) is 0.783. The number of aromatic nitrogens is 1. The zero-order valence-corrected chi connectivity index (χ0v) is 14.9. The zero-order chi connectivity index (χ0) is 18.9. The molecule has 2 aromatic rings. The standard InChI is InChI=1S/C15H14F3N3O3S2/c16-15(17,18)12-3-1-2-11(8-12)10-26(23,24)20-5-6-21(13(22)9-20)14-19-4-7-25-14/h1-4,7-8H,5-6,9-10H2. The van der Waals surface area contributed by atoms with Crippen molar-refractivity contribution in [3.05, 3.63) is 47.0 Å². The Bertz CT molecular complexity index is 898. The molecule has 0 N–H and O–H groups in total. The molecule has 0 saturated carbocycles. The molecule has 3 rings (SSSR count). The van der Waals surface area contributed by atoms with Crippen LogP contribution < -0.4 is 4.90 Å². The van der Waals surface area contributed by atoms with Gasteiger partial charge in [-0.2, -0.15) is 17.5 Å². The van der Waals surface area contributed by atoms with Gasteiger partial charge in [-0.25, -0.2) is 13.4 Å². The van der Waals surface area contributed by atoms with Crippen molar-refractivity contribution in [1.82, 2.24) is 9.29 Å². The third-order valence-corrected chi connectivity index (χ3v) is 6.42. The maximum atomic E-state index is 12.8. The van der Waals surface area contributed by atoms with Crippen molar-refractivity contribution in [2.75, 3.05) is 24.5 Å². The molecule has 2 heterocycles. The molecule has 1 aliphatic rings. The van der Waals surface area contributed by atoms with Crippen LogP contribution in [0.15, 0.2) is 35.8 Å². The normalized spacial score (nSPS) is 16.9. The van der Waals surface area contributed by atoms with E-state index in [0.29, 0.717) is 5.13 Å². The lowest BCUT2D eigenvalue weighted by molar-refractivity contribution is -0.137. The Morgan fingerprint density at radius 1 is 1.23 bits per heavy atom. The van der Waals surface area contributed by atoms with E-state index in [2.05, 4.69) is 4.98 Å². The number of carbonyl (C=O) groups excluding carboxylic acids is 1. The number of carbonyl (C=O) groups is 1. The lowest BCUT2D eigenvalue weighted by Crippen LogP contribution is -2.52. The Hall–Kier alpha value is -1.98. The number of hydrogen-bond acceptors (Lipinski definition) is 5. The summed E-state index contributed by atoms with van der Waals surface area (Å²) < 4.78 is 64.3. The summed E-state index contributed by atoms with van der Waals surface area (Å²) in [6, 6.07) is 4.18. The van der Waals surface area contributed by atoms with Gasteiger partial charge >= 0.3 is 6.18 Å². The van der Waals surface area contributed by atoms with Crippen LogP contribution in [0, 0.1) is 0 Å². The van der Waals surface area contributed by atoms with E-state index >= 15 is 0 Å². The highest BCUT2D eigenvalue weighted by molar-refractivity contribution is 7.88. The van der Waals surface area contributed by atoms with Crippen molar-refractivity contribution in [3.63, 3.8) is 0 Å². The number of anilines is 1. The summed E-state index contributed by atoms with van der Waals surface area (Å²) >= 11 is 1.27. The van der Waals surface area contributed by atoms with Crippen LogP contribution in [0.3, 0.4) is 0 Å². The summed E-state index contributed by atoms with van der Waals surface area (Å²) in [5, 5.41) is 2.20. The Labute approximate surface area is 151 Å². The first-order valence-corrected chi connectivity index (χ1v) is 9.99. The van der Waals surface area contributed by atoms with Crippen LogP contribution in [0.4, 0.5) is 18.3 Å². The Balaban J connectivity index is 1.73. The molecule has 1 saturated heterocycles. The molecule has 11 heteroatoms. The topological polar surface area (TPSA) is 70.6 Å². The van der Waals surface area contributed by atoms with Gasteiger partial charge in [0.25, 0.3) is 0 Å². The molecule has 140 valence electrons. The number of alkyl halides is 3. The van der Waals surface area contributed by atoms with E-state index in [9.17, 15) is 26.4 Å². The molecule has 0 unspecified atom stereocenters. The largest absolute Gasteiger partial charge is 0.416 e. The minimum atomic E-state index is -4.55. The van der Waals surface area contributed by atoms with E-state index < -0.39 is 33.4 Å². The highest BCUT2D eigenvalue weighted by atomic mass is 32.2. The van der Waals surface area contributed by atoms with Crippen LogP contribution in [0.1, 0.15) is 11.1 Å². The van der Waals surface area contributed by atoms with Gasteiger partial charge in [0.15, 0.2) is 5.13 Å². The number of amides is 1. The van der Waals surface area contributed by atoms with E-state index in [1.54, 1.807) is 11.6 Å². The van der Waals surface area contributed by atoms with Crippen LogP contribution in [0.5, 0.6) is 0 Å². The van der Waals surface area contributed by atoms with Crippen LogP contribution in [-0.2, 0) is 26.7 Å². The van der Waals surface area contributed by atoms with Gasteiger partial charge < -0.3 is 0 Å². The predicted octanol–water partition coefficient (Wildman–Crippen LogP) is 2.34. The number of piperazine rings is 1. The van der Waals surface area contributed by atoms with Gasteiger partial charge in [-0.1, -0.05) is 18.2 Å². The zero-order valence-electron chi connectivity index (χ0n) is 13.3. The molecular formula is C15H14F3N3O3S2. The molecule has 0 spiro atoms. The maximum absolute atomic E-state index is 12.8. The average molecular weight is 405 g/mol. The molecule has 1 aromatic heterocycles. The van der Waals surface area contributed by atoms with Crippen LogP contribution in [0.25, 0.3) is 0 Å². The summed E-state index contributed by atoms with van der Waals surface area (Å²) in [6.07, 6.45) is -3.00. The highest BCUT2D eigenvalue weighted by Crippen LogP contribution is 2.30. The second kappa shape index (κ2) is 6.97. The van der Waals surface area contributed by atoms with Crippen LogP contribution >= 0.6 is 11.3 Å².